The zero-order valence-corrected chi connectivity index (χ0v) is 17.2. The Bertz CT molecular complexity index is 936. The number of fused-ring (bicyclic) bond motifs is 1. The molecule has 0 aliphatic carbocycles. The van der Waals surface area contributed by atoms with Gasteiger partial charge in [0.05, 0.1) is 11.6 Å². The molecule has 0 spiro atoms. The fourth-order valence-electron chi connectivity index (χ4n) is 2.97. The lowest BCUT2D eigenvalue weighted by Crippen LogP contribution is -2.42. The van der Waals surface area contributed by atoms with Gasteiger partial charge in [-0.2, -0.15) is 0 Å². The molecule has 5 nitrogen and oxygen atoms in total. The highest BCUT2D eigenvalue weighted by Gasteiger charge is 2.20. The second-order valence-corrected chi connectivity index (χ2v) is 8.02. The molecule has 0 saturated heterocycles. The molecule has 3 aromatic rings. The third-order valence-electron chi connectivity index (χ3n) is 4.35. The first-order valence-electron chi connectivity index (χ1n) is 9.91. The molecular formula is C24H28N2O3. The predicted octanol–water partition coefficient (Wildman–Crippen LogP) is 5.14. The quantitative estimate of drug-likeness (QED) is 0.605. The third-order valence-corrected chi connectivity index (χ3v) is 4.35. The van der Waals surface area contributed by atoms with E-state index in [1.165, 1.54) is 5.56 Å². The maximum atomic E-state index is 12.3. The lowest BCUT2D eigenvalue weighted by Gasteiger charge is -2.24. The van der Waals surface area contributed by atoms with Crippen LogP contribution in [0.2, 0.25) is 0 Å². The Kier molecular flexibility index (Phi) is 6.70. The van der Waals surface area contributed by atoms with Crippen LogP contribution in [0, 0.1) is 0 Å². The number of carbonyl (C=O) groups excluding carboxylic acids is 1. The molecular weight excluding hydrogens is 364 g/mol. The molecule has 5 heteroatoms. The van der Waals surface area contributed by atoms with Crippen LogP contribution < -0.4 is 10.1 Å². The first-order chi connectivity index (χ1) is 13.9. The van der Waals surface area contributed by atoms with Crippen LogP contribution in [-0.2, 0) is 11.2 Å². The Morgan fingerprint density at radius 1 is 1.00 bits per heavy atom. The monoisotopic (exact) mass is 392 g/mol. The van der Waals surface area contributed by atoms with Crippen molar-refractivity contribution in [2.24, 2.45) is 0 Å². The van der Waals surface area contributed by atoms with E-state index in [-0.39, 0.29) is 6.04 Å². The summed E-state index contributed by atoms with van der Waals surface area (Å²) in [6, 6.07) is 21.7. The number of ether oxygens (including phenoxy) is 2. The van der Waals surface area contributed by atoms with Crippen LogP contribution in [0.5, 0.6) is 5.88 Å². The Hall–Kier alpha value is -3.08. The largest absolute Gasteiger partial charge is 0.475 e. The van der Waals surface area contributed by atoms with Gasteiger partial charge in [0, 0.05) is 11.5 Å². The molecule has 1 aromatic heterocycles. The van der Waals surface area contributed by atoms with Gasteiger partial charge in [-0.1, -0.05) is 48.5 Å². The molecule has 1 heterocycles. The van der Waals surface area contributed by atoms with Gasteiger partial charge in [0.2, 0.25) is 5.88 Å². The Morgan fingerprint density at radius 3 is 2.48 bits per heavy atom. The molecule has 0 aliphatic rings. The van der Waals surface area contributed by atoms with Crippen molar-refractivity contribution >= 4 is 17.0 Å². The minimum atomic E-state index is -0.547. The van der Waals surface area contributed by atoms with Gasteiger partial charge in [0.15, 0.2) is 0 Å². The highest BCUT2D eigenvalue weighted by molar-refractivity contribution is 5.78. The van der Waals surface area contributed by atoms with Gasteiger partial charge < -0.3 is 14.8 Å². The minimum Gasteiger partial charge on any atom is -0.475 e. The number of aromatic nitrogens is 1. The van der Waals surface area contributed by atoms with Crippen molar-refractivity contribution in [3.05, 3.63) is 72.3 Å². The Labute approximate surface area is 172 Å². The molecule has 1 N–H and O–H groups in total. The van der Waals surface area contributed by atoms with E-state index in [4.69, 9.17) is 9.47 Å². The molecule has 1 amide bonds. The number of nitrogens with one attached hydrogen (secondary N) is 1. The number of hydrogen-bond donors (Lipinski definition) is 1. The van der Waals surface area contributed by atoms with Crippen LogP contribution in [0.3, 0.4) is 0 Å². The summed E-state index contributed by atoms with van der Waals surface area (Å²) in [5.74, 6) is 0.541. The second kappa shape index (κ2) is 9.41. The van der Waals surface area contributed by atoms with Crippen LogP contribution >= 0.6 is 0 Å². The molecule has 0 saturated carbocycles. The van der Waals surface area contributed by atoms with Crippen molar-refractivity contribution in [1.82, 2.24) is 10.3 Å². The topological polar surface area (TPSA) is 60.5 Å². The number of para-hydroxylation sites is 1. The molecule has 0 radical (unpaired) electrons. The normalized spacial score (nSPS) is 12.4. The number of pyridine rings is 1. The van der Waals surface area contributed by atoms with E-state index in [1.807, 2.05) is 75.4 Å². The van der Waals surface area contributed by atoms with Crippen LogP contribution in [-0.4, -0.2) is 29.3 Å². The number of aryl methyl sites for hydroxylation is 1. The first kappa shape index (κ1) is 20.6. The summed E-state index contributed by atoms with van der Waals surface area (Å²) in [5.41, 5.74) is 1.55. The summed E-state index contributed by atoms with van der Waals surface area (Å²) >= 11 is 0. The third kappa shape index (κ3) is 6.79. The summed E-state index contributed by atoms with van der Waals surface area (Å²) in [6.07, 6.45) is 1.12. The van der Waals surface area contributed by atoms with E-state index in [9.17, 15) is 4.79 Å². The predicted molar refractivity (Wildman–Crippen MR) is 115 cm³/mol. The van der Waals surface area contributed by atoms with Gasteiger partial charge >= 0.3 is 6.09 Å². The molecule has 152 valence electrons. The first-order valence-corrected chi connectivity index (χ1v) is 9.91. The van der Waals surface area contributed by atoms with Crippen LogP contribution in [0.4, 0.5) is 4.79 Å². The van der Waals surface area contributed by atoms with Crippen molar-refractivity contribution in [3.63, 3.8) is 0 Å². The van der Waals surface area contributed by atoms with E-state index in [2.05, 4.69) is 22.4 Å². The number of amides is 1. The highest BCUT2D eigenvalue weighted by atomic mass is 16.6. The molecule has 0 bridgehead atoms. The lowest BCUT2D eigenvalue weighted by molar-refractivity contribution is 0.0484. The van der Waals surface area contributed by atoms with E-state index < -0.39 is 11.7 Å². The van der Waals surface area contributed by atoms with Crippen LogP contribution in [0.1, 0.15) is 32.8 Å². The SMILES string of the molecule is CC(C)(C)OC(=O)NC(CCc1ccccc1)COc1ccc2ccccc2n1. The minimum absolute atomic E-state index is 0.196. The van der Waals surface area contributed by atoms with Crippen molar-refractivity contribution in [1.29, 1.82) is 0 Å². The summed E-state index contributed by atoms with van der Waals surface area (Å²) in [6.45, 7) is 5.86. The van der Waals surface area contributed by atoms with Crippen LogP contribution in [0.15, 0.2) is 66.7 Å². The Morgan fingerprint density at radius 2 is 1.72 bits per heavy atom. The van der Waals surface area contributed by atoms with E-state index in [1.54, 1.807) is 0 Å². The smallest absolute Gasteiger partial charge is 0.407 e. The van der Waals surface area contributed by atoms with Gasteiger partial charge in [0.25, 0.3) is 0 Å². The highest BCUT2D eigenvalue weighted by Crippen LogP contribution is 2.17. The molecule has 1 unspecified atom stereocenters. The lowest BCUT2D eigenvalue weighted by atomic mass is 10.1. The second-order valence-electron chi connectivity index (χ2n) is 8.02. The summed E-state index contributed by atoms with van der Waals surface area (Å²) in [4.78, 5) is 16.8. The summed E-state index contributed by atoms with van der Waals surface area (Å²) < 4.78 is 11.3. The average molecular weight is 392 g/mol. The molecule has 2 aromatic carbocycles. The number of alkyl carbamates (subject to hydrolysis) is 1. The van der Waals surface area contributed by atoms with Crippen molar-refractivity contribution in [2.75, 3.05) is 6.61 Å². The van der Waals surface area contributed by atoms with Crippen molar-refractivity contribution in [2.45, 2.75) is 45.3 Å². The van der Waals surface area contributed by atoms with Gasteiger partial charge in [-0.3, -0.25) is 0 Å². The van der Waals surface area contributed by atoms with Gasteiger partial charge in [-0.05, 0) is 51.3 Å². The van der Waals surface area contributed by atoms with Gasteiger partial charge in [-0.15, -0.1) is 0 Å². The fourth-order valence-corrected chi connectivity index (χ4v) is 2.97. The Balaban J connectivity index is 1.64. The van der Waals surface area contributed by atoms with Crippen molar-refractivity contribution < 1.29 is 14.3 Å². The number of rotatable bonds is 7. The maximum Gasteiger partial charge on any atom is 0.407 e. The molecule has 0 aliphatic heterocycles. The van der Waals surface area contributed by atoms with Gasteiger partial charge in [0.1, 0.15) is 12.2 Å². The van der Waals surface area contributed by atoms with E-state index in [0.29, 0.717) is 12.5 Å². The van der Waals surface area contributed by atoms with Crippen molar-refractivity contribution in [3.8, 4) is 5.88 Å². The zero-order chi connectivity index (χ0) is 20.7. The summed E-state index contributed by atoms with van der Waals surface area (Å²) in [7, 11) is 0. The number of nitrogens with zero attached hydrogens (tertiary/aromatic N) is 1. The van der Waals surface area contributed by atoms with E-state index >= 15 is 0 Å². The number of hydrogen-bond acceptors (Lipinski definition) is 4. The fraction of sp³-hybridized carbons (Fsp3) is 0.333. The molecule has 1 atom stereocenters. The zero-order valence-electron chi connectivity index (χ0n) is 17.2. The van der Waals surface area contributed by atoms with Crippen LogP contribution in [0.25, 0.3) is 10.9 Å². The molecule has 3 rings (SSSR count). The molecule has 29 heavy (non-hydrogen) atoms. The van der Waals surface area contributed by atoms with E-state index in [0.717, 1.165) is 23.7 Å². The number of benzene rings is 2. The number of carbonyl (C=O) groups is 1. The average Bonchev–Trinajstić information content (AvgIpc) is 2.69. The molecule has 0 fully saturated rings. The standard InChI is InChI=1S/C24H28N2O3/c1-24(2,3)29-23(27)25-20(15-13-18-9-5-4-6-10-18)17-28-22-16-14-19-11-7-8-12-21(19)26-22/h4-12,14,16,20H,13,15,17H2,1-3H3,(H,25,27). The van der Waals surface area contributed by atoms with Gasteiger partial charge in [-0.25, -0.2) is 9.78 Å². The summed E-state index contributed by atoms with van der Waals surface area (Å²) in [5, 5.41) is 4.00. The maximum absolute atomic E-state index is 12.3.